The number of carbonyl (C=O) groups excluding carboxylic acids is 1. The molecular formula is C20H19Cl2N3O3. The molecule has 0 heterocycles. The number of nitrogens with zero attached hydrogens (tertiary/aromatic N) is 1. The molecule has 0 unspecified atom stereocenters. The first-order chi connectivity index (χ1) is 13.5. The maximum Gasteiger partial charge on any atom is 0.263 e. The van der Waals surface area contributed by atoms with Crippen LogP contribution in [0.4, 0.5) is 5.69 Å². The molecule has 28 heavy (non-hydrogen) atoms. The van der Waals surface area contributed by atoms with E-state index in [-0.39, 0.29) is 5.57 Å². The third-order valence-electron chi connectivity index (χ3n) is 3.81. The van der Waals surface area contributed by atoms with Crippen LogP contribution in [-0.4, -0.2) is 26.7 Å². The Bertz CT molecular complexity index is 923. The van der Waals surface area contributed by atoms with Crippen LogP contribution in [0.25, 0.3) is 0 Å². The smallest absolute Gasteiger partial charge is 0.263 e. The van der Waals surface area contributed by atoms with E-state index in [2.05, 4.69) is 10.6 Å². The Balaban J connectivity index is 1.95. The summed E-state index contributed by atoms with van der Waals surface area (Å²) in [6, 6.07) is 12.3. The second kappa shape index (κ2) is 10.5. The number of hydrogen-bond acceptors (Lipinski definition) is 5. The molecule has 0 aliphatic carbocycles. The lowest BCUT2D eigenvalue weighted by Gasteiger charge is -2.10. The Morgan fingerprint density at radius 3 is 2.57 bits per heavy atom. The minimum absolute atomic E-state index is 0.0802. The quantitative estimate of drug-likeness (QED) is 0.494. The van der Waals surface area contributed by atoms with Crippen molar-refractivity contribution in [3.05, 3.63) is 63.8 Å². The summed E-state index contributed by atoms with van der Waals surface area (Å²) in [7, 11) is 3.13. The zero-order valence-corrected chi connectivity index (χ0v) is 16.9. The lowest BCUT2D eigenvalue weighted by Crippen LogP contribution is -2.27. The topological polar surface area (TPSA) is 83.4 Å². The number of benzene rings is 2. The van der Waals surface area contributed by atoms with E-state index in [9.17, 15) is 10.1 Å². The number of methoxy groups -OCH3 is 2. The van der Waals surface area contributed by atoms with Gasteiger partial charge in [-0.25, -0.2) is 0 Å². The van der Waals surface area contributed by atoms with Crippen molar-refractivity contribution < 1.29 is 14.3 Å². The Morgan fingerprint density at radius 2 is 1.89 bits per heavy atom. The number of hydrogen-bond donors (Lipinski definition) is 2. The Labute approximate surface area is 173 Å². The van der Waals surface area contributed by atoms with Gasteiger partial charge in [0.1, 0.15) is 11.6 Å². The fraction of sp³-hybridized carbons (Fsp3) is 0.200. The van der Waals surface area contributed by atoms with Crippen molar-refractivity contribution in [2.45, 2.75) is 6.42 Å². The summed E-state index contributed by atoms with van der Waals surface area (Å²) in [5.41, 5.74) is 1.38. The van der Waals surface area contributed by atoms with Crippen molar-refractivity contribution in [3.8, 4) is 17.6 Å². The lowest BCUT2D eigenvalue weighted by atomic mass is 10.1. The van der Waals surface area contributed by atoms with Gasteiger partial charge in [0.25, 0.3) is 5.91 Å². The molecule has 2 N–H and O–H groups in total. The number of carbonyl (C=O) groups is 1. The highest BCUT2D eigenvalue weighted by Crippen LogP contribution is 2.27. The summed E-state index contributed by atoms with van der Waals surface area (Å²) in [4.78, 5) is 12.2. The van der Waals surface area contributed by atoms with Gasteiger partial charge in [-0.2, -0.15) is 5.26 Å². The van der Waals surface area contributed by atoms with E-state index < -0.39 is 5.91 Å². The van der Waals surface area contributed by atoms with Crippen LogP contribution in [-0.2, 0) is 11.2 Å². The van der Waals surface area contributed by atoms with Gasteiger partial charge in [0.15, 0.2) is 11.5 Å². The lowest BCUT2D eigenvalue weighted by molar-refractivity contribution is -0.117. The summed E-state index contributed by atoms with van der Waals surface area (Å²) in [6.07, 6.45) is 1.86. The summed E-state index contributed by atoms with van der Waals surface area (Å²) < 4.78 is 10.5. The highest BCUT2D eigenvalue weighted by atomic mass is 35.5. The molecule has 2 aromatic rings. The van der Waals surface area contributed by atoms with E-state index in [1.807, 2.05) is 18.2 Å². The molecule has 8 heteroatoms. The number of nitrogens with one attached hydrogen (secondary N) is 2. The van der Waals surface area contributed by atoms with Gasteiger partial charge in [0.2, 0.25) is 0 Å². The van der Waals surface area contributed by atoms with Crippen molar-refractivity contribution in [1.82, 2.24) is 5.32 Å². The van der Waals surface area contributed by atoms with Gasteiger partial charge in [-0.3, -0.25) is 4.79 Å². The van der Waals surface area contributed by atoms with Gasteiger partial charge >= 0.3 is 0 Å². The first kappa shape index (κ1) is 21.4. The van der Waals surface area contributed by atoms with Gasteiger partial charge in [0.05, 0.1) is 24.9 Å². The minimum Gasteiger partial charge on any atom is -0.493 e. The number of rotatable bonds is 8. The molecule has 0 saturated heterocycles. The molecule has 0 aliphatic heterocycles. The SMILES string of the molecule is COc1ccc(CCNC(=O)/C(C#N)=C\Nc2cc(Cl)ccc2Cl)cc1OC. The van der Waals surface area contributed by atoms with Gasteiger partial charge in [-0.1, -0.05) is 29.3 Å². The third kappa shape index (κ3) is 5.81. The fourth-order valence-electron chi connectivity index (χ4n) is 2.36. The summed E-state index contributed by atoms with van der Waals surface area (Å²) >= 11 is 12.0. The van der Waals surface area contributed by atoms with Crippen molar-refractivity contribution in [3.63, 3.8) is 0 Å². The average Bonchev–Trinajstić information content (AvgIpc) is 2.70. The van der Waals surface area contributed by atoms with Crippen LogP contribution < -0.4 is 20.1 Å². The van der Waals surface area contributed by atoms with Gasteiger partial charge in [-0.05, 0) is 42.3 Å². The molecule has 0 fully saturated rings. The highest BCUT2D eigenvalue weighted by molar-refractivity contribution is 6.35. The van der Waals surface area contributed by atoms with Crippen LogP contribution in [0.3, 0.4) is 0 Å². The normalized spacial score (nSPS) is 10.8. The second-order valence-electron chi connectivity index (χ2n) is 5.63. The Kier molecular flexibility index (Phi) is 8.00. The summed E-state index contributed by atoms with van der Waals surface area (Å²) in [5, 5.41) is 15.7. The van der Waals surface area contributed by atoms with Crippen molar-refractivity contribution in [2.24, 2.45) is 0 Å². The number of halogens is 2. The highest BCUT2D eigenvalue weighted by Gasteiger charge is 2.10. The van der Waals surface area contributed by atoms with Crippen LogP contribution in [0.1, 0.15) is 5.56 Å². The van der Waals surface area contributed by atoms with Crippen molar-refractivity contribution >= 4 is 34.8 Å². The zero-order valence-electron chi connectivity index (χ0n) is 15.4. The molecule has 2 aromatic carbocycles. The largest absolute Gasteiger partial charge is 0.493 e. The molecule has 0 radical (unpaired) electrons. The fourth-order valence-corrected chi connectivity index (χ4v) is 2.70. The van der Waals surface area contributed by atoms with E-state index in [1.165, 1.54) is 6.20 Å². The van der Waals surface area contributed by atoms with Crippen LogP contribution in [0.15, 0.2) is 48.2 Å². The van der Waals surface area contributed by atoms with E-state index in [1.54, 1.807) is 38.5 Å². The maximum absolute atomic E-state index is 12.2. The minimum atomic E-state index is -0.492. The predicted octanol–water partition coefficient (Wildman–Crippen LogP) is 4.19. The molecule has 0 bridgehead atoms. The molecule has 0 spiro atoms. The van der Waals surface area contributed by atoms with Crippen molar-refractivity contribution in [2.75, 3.05) is 26.1 Å². The maximum atomic E-state index is 12.2. The first-order valence-corrected chi connectivity index (χ1v) is 9.05. The standard InChI is InChI=1S/C20H19Cl2N3O3/c1-27-18-6-3-13(9-19(18)28-2)7-8-24-20(26)14(11-23)12-25-17-10-15(21)4-5-16(17)22/h3-6,9-10,12,25H,7-8H2,1-2H3,(H,24,26)/b14-12-. The Hall–Kier alpha value is -2.88. The van der Waals surface area contributed by atoms with Crippen LogP contribution in [0.2, 0.25) is 10.0 Å². The van der Waals surface area contributed by atoms with E-state index in [0.717, 1.165) is 5.56 Å². The van der Waals surface area contributed by atoms with Crippen LogP contribution >= 0.6 is 23.2 Å². The van der Waals surface area contributed by atoms with Crippen molar-refractivity contribution in [1.29, 1.82) is 5.26 Å². The van der Waals surface area contributed by atoms with Crippen LogP contribution in [0.5, 0.6) is 11.5 Å². The molecule has 2 rings (SSSR count). The van der Waals surface area contributed by atoms with E-state index in [4.69, 9.17) is 32.7 Å². The molecule has 0 aromatic heterocycles. The number of nitriles is 1. The van der Waals surface area contributed by atoms with Gasteiger partial charge < -0.3 is 20.1 Å². The number of anilines is 1. The summed E-state index contributed by atoms with van der Waals surface area (Å²) in [5.74, 6) is 0.760. The van der Waals surface area contributed by atoms with Gasteiger partial charge in [-0.15, -0.1) is 0 Å². The molecule has 1 amide bonds. The van der Waals surface area contributed by atoms with Gasteiger partial charge in [0, 0.05) is 17.8 Å². The van der Waals surface area contributed by atoms with E-state index >= 15 is 0 Å². The van der Waals surface area contributed by atoms with E-state index in [0.29, 0.717) is 40.2 Å². The Morgan fingerprint density at radius 1 is 1.14 bits per heavy atom. The molecule has 0 saturated carbocycles. The zero-order chi connectivity index (χ0) is 20.5. The average molecular weight is 420 g/mol. The summed E-state index contributed by atoms with van der Waals surface area (Å²) in [6.45, 7) is 0.352. The second-order valence-corrected chi connectivity index (χ2v) is 6.48. The molecule has 146 valence electrons. The molecule has 6 nitrogen and oxygen atoms in total. The molecule has 0 atom stereocenters. The monoisotopic (exact) mass is 419 g/mol. The molecular weight excluding hydrogens is 401 g/mol. The first-order valence-electron chi connectivity index (χ1n) is 8.29. The predicted molar refractivity (Wildman–Crippen MR) is 110 cm³/mol. The molecule has 0 aliphatic rings. The van der Waals surface area contributed by atoms with Crippen LogP contribution in [0, 0.1) is 11.3 Å². The number of amides is 1. The number of ether oxygens (including phenoxy) is 2. The third-order valence-corrected chi connectivity index (χ3v) is 4.38.